The highest BCUT2D eigenvalue weighted by molar-refractivity contribution is 14.1. The summed E-state index contributed by atoms with van der Waals surface area (Å²) in [6.07, 6.45) is 0. The van der Waals surface area contributed by atoms with Gasteiger partial charge in [0.05, 0.1) is 8.45 Å². The van der Waals surface area contributed by atoms with E-state index in [1.807, 2.05) is 23.6 Å². The van der Waals surface area contributed by atoms with E-state index in [2.05, 4.69) is 27.9 Å². The Morgan fingerprint density at radius 1 is 1.37 bits per heavy atom. The molecule has 0 radical (unpaired) electrons. The van der Waals surface area contributed by atoms with Crippen molar-refractivity contribution in [3.8, 4) is 5.75 Å². The lowest BCUT2D eigenvalue weighted by molar-refractivity contribution is 0.102. The molecule has 19 heavy (non-hydrogen) atoms. The predicted octanol–water partition coefficient (Wildman–Crippen LogP) is 2.94. The minimum absolute atomic E-state index is 0.102. The van der Waals surface area contributed by atoms with Crippen LogP contribution in [0.4, 0.5) is 5.69 Å². The normalized spacial score (nSPS) is 10.2. The maximum atomic E-state index is 11.9. The molecule has 0 aliphatic rings. The molecule has 0 aliphatic heterocycles. The van der Waals surface area contributed by atoms with E-state index in [9.17, 15) is 4.79 Å². The van der Waals surface area contributed by atoms with Gasteiger partial charge >= 0.3 is 0 Å². The lowest BCUT2D eigenvalue weighted by atomic mass is 10.2. The Hall–Kier alpha value is -1.12. The van der Waals surface area contributed by atoms with Gasteiger partial charge in [-0.15, -0.1) is 11.3 Å². The van der Waals surface area contributed by atoms with Gasteiger partial charge in [-0.25, -0.2) is 0 Å². The van der Waals surface area contributed by atoms with Crippen LogP contribution < -0.4 is 15.8 Å². The van der Waals surface area contributed by atoms with Gasteiger partial charge in [-0.2, -0.15) is 0 Å². The highest BCUT2D eigenvalue weighted by Crippen LogP contribution is 2.19. The van der Waals surface area contributed by atoms with Gasteiger partial charge in [-0.1, -0.05) is 0 Å². The Bertz CT molecular complexity index is 554. The molecule has 100 valence electrons. The van der Waals surface area contributed by atoms with Crippen LogP contribution in [0.2, 0.25) is 0 Å². The molecule has 0 aliphatic carbocycles. The largest absolute Gasteiger partial charge is 0.492 e. The van der Waals surface area contributed by atoms with Gasteiger partial charge in [-0.05, 0) is 52.9 Å². The number of ether oxygens (including phenoxy) is 1. The molecular formula is C13H13IN2O2S. The first-order chi connectivity index (χ1) is 9.19. The van der Waals surface area contributed by atoms with Crippen LogP contribution in [0.3, 0.4) is 0 Å². The number of thiophene rings is 1. The lowest BCUT2D eigenvalue weighted by Gasteiger charge is -2.07. The zero-order valence-corrected chi connectivity index (χ0v) is 13.0. The van der Waals surface area contributed by atoms with Gasteiger partial charge in [0.15, 0.2) is 0 Å². The average molecular weight is 388 g/mol. The third kappa shape index (κ3) is 4.19. The maximum Gasteiger partial charge on any atom is 0.256 e. The fourth-order valence-electron chi connectivity index (χ4n) is 1.44. The molecule has 1 aromatic carbocycles. The smallest absolute Gasteiger partial charge is 0.256 e. The van der Waals surface area contributed by atoms with Gasteiger partial charge in [0.25, 0.3) is 5.91 Å². The third-order valence-corrected chi connectivity index (χ3v) is 4.12. The summed E-state index contributed by atoms with van der Waals surface area (Å²) in [5.74, 6) is 0.642. The molecule has 0 bridgehead atoms. The van der Waals surface area contributed by atoms with E-state index in [1.54, 1.807) is 23.5 Å². The monoisotopic (exact) mass is 388 g/mol. The molecule has 0 atom stereocenters. The molecule has 0 unspecified atom stereocenters. The highest BCUT2D eigenvalue weighted by Gasteiger charge is 2.08. The van der Waals surface area contributed by atoms with E-state index < -0.39 is 0 Å². The van der Waals surface area contributed by atoms with Gasteiger partial charge in [0.1, 0.15) is 12.4 Å². The molecular weight excluding hydrogens is 375 g/mol. The molecule has 3 N–H and O–H groups in total. The summed E-state index contributed by atoms with van der Waals surface area (Å²) in [5.41, 5.74) is 6.78. The number of hydrogen-bond donors (Lipinski definition) is 2. The quantitative estimate of drug-likeness (QED) is 0.775. The number of anilines is 1. The van der Waals surface area contributed by atoms with E-state index in [4.69, 9.17) is 10.5 Å². The fraction of sp³-hybridized carbons (Fsp3) is 0.154. The van der Waals surface area contributed by atoms with Crippen molar-refractivity contribution in [3.63, 3.8) is 0 Å². The molecule has 1 aromatic heterocycles. The standard InChI is InChI=1S/C13H13IN2O2S/c14-12-7-9(8-19-12)13(17)16-10-1-3-11(4-2-10)18-6-5-15/h1-4,7-8H,5-6,15H2,(H,16,17). The van der Waals surface area contributed by atoms with Gasteiger partial charge < -0.3 is 15.8 Å². The third-order valence-electron chi connectivity index (χ3n) is 2.33. The summed E-state index contributed by atoms with van der Waals surface area (Å²) in [4.78, 5) is 11.9. The van der Waals surface area contributed by atoms with Crippen LogP contribution in [0.5, 0.6) is 5.75 Å². The van der Waals surface area contributed by atoms with Crippen molar-refractivity contribution in [2.24, 2.45) is 5.73 Å². The van der Waals surface area contributed by atoms with Gasteiger partial charge in [0.2, 0.25) is 0 Å². The Morgan fingerprint density at radius 3 is 2.68 bits per heavy atom. The first kappa shape index (κ1) is 14.3. The van der Waals surface area contributed by atoms with Crippen molar-refractivity contribution in [2.45, 2.75) is 0 Å². The highest BCUT2D eigenvalue weighted by atomic mass is 127. The van der Waals surface area contributed by atoms with E-state index in [0.717, 1.165) is 14.3 Å². The van der Waals surface area contributed by atoms with Crippen LogP contribution in [0.1, 0.15) is 10.4 Å². The number of carbonyl (C=O) groups excluding carboxylic acids is 1. The second kappa shape index (κ2) is 6.88. The zero-order valence-electron chi connectivity index (χ0n) is 10.1. The van der Waals surface area contributed by atoms with E-state index >= 15 is 0 Å². The second-order valence-electron chi connectivity index (χ2n) is 3.76. The summed E-state index contributed by atoms with van der Waals surface area (Å²) >= 11 is 3.74. The maximum absolute atomic E-state index is 11.9. The topological polar surface area (TPSA) is 64.3 Å². The SMILES string of the molecule is NCCOc1ccc(NC(=O)c2csc(I)c2)cc1. The van der Waals surface area contributed by atoms with Crippen LogP contribution in [0.15, 0.2) is 35.7 Å². The molecule has 2 rings (SSSR count). The number of hydrogen-bond acceptors (Lipinski definition) is 4. The van der Waals surface area contributed by atoms with Crippen LogP contribution in [-0.4, -0.2) is 19.1 Å². The number of benzene rings is 1. The van der Waals surface area contributed by atoms with Crippen molar-refractivity contribution in [2.75, 3.05) is 18.5 Å². The summed E-state index contributed by atoms with van der Waals surface area (Å²) in [6, 6.07) is 9.09. The van der Waals surface area contributed by atoms with Crippen molar-refractivity contribution in [1.82, 2.24) is 0 Å². The minimum atomic E-state index is -0.102. The molecule has 0 saturated carbocycles. The molecule has 0 spiro atoms. The molecule has 1 heterocycles. The van der Waals surface area contributed by atoms with Crippen LogP contribution in [0.25, 0.3) is 0 Å². The number of halogens is 1. The first-order valence-electron chi connectivity index (χ1n) is 5.67. The van der Waals surface area contributed by atoms with Crippen molar-refractivity contribution in [1.29, 1.82) is 0 Å². The second-order valence-corrected chi connectivity index (χ2v) is 6.56. The molecule has 0 saturated heterocycles. The van der Waals surface area contributed by atoms with Crippen molar-refractivity contribution >= 4 is 45.5 Å². The molecule has 2 aromatic rings. The Balaban J connectivity index is 1.97. The molecule has 1 amide bonds. The Kier molecular flexibility index (Phi) is 5.17. The Labute approximate surface area is 129 Å². The zero-order chi connectivity index (χ0) is 13.7. The number of amides is 1. The number of nitrogens with one attached hydrogen (secondary N) is 1. The minimum Gasteiger partial charge on any atom is -0.492 e. The first-order valence-corrected chi connectivity index (χ1v) is 7.63. The van der Waals surface area contributed by atoms with Gasteiger partial charge in [0, 0.05) is 17.6 Å². The molecule has 0 fully saturated rings. The van der Waals surface area contributed by atoms with Crippen molar-refractivity contribution < 1.29 is 9.53 Å². The summed E-state index contributed by atoms with van der Waals surface area (Å²) < 4.78 is 6.46. The number of nitrogens with two attached hydrogens (primary N) is 1. The Morgan fingerprint density at radius 2 is 2.11 bits per heavy atom. The molecule has 4 nitrogen and oxygen atoms in total. The van der Waals surface area contributed by atoms with Crippen LogP contribution in [-0.2, 0) is 0 Å². The summed E-state index contributed by atoms with van der Waals surface area (Å²) in [6.45, 7) is 0.967. The summed E-state index contributed by atoms with van der Waals surface area (Å²) in [7, 11) is 0. The predicted molar refractivity (Wildman–Crippen MR) is 86.0 cm³/mol. The number of rotatable bonds is 5. The van der Waals surface area contributed by atoms with Crippen LogP contribution in [0, 0.1) is 2.88 Å². The molecule has 6 heteroatoms. The van der Waals surface area contributed by atoms with Gasteiger partial charge in [-0.3, -0.25) is 4.79 Å². The van der Waals surface area contributed by atoms with E-state index in [1.165, 1.54) is 0 Å². The summed E-state index contributed by atoms with van der Waals surface area (Å²) in [5, 5.41) is 4.68. The van der Waals surface area contributed by atoms with Crippen molar-refractivity contribution in [3.05, 3.63) is 44.2 Å². The lowest BCUT2D eigenvalue weighted by Crippen LogP contribution is -2.11. The number of carbonyl (C=O) groups is 1. The fourth-order valence-corrected chi connectivity index (χ4v) is 2.77. The van der Waals surface area contributed by atoms with E-state index in [0.29, 0.717) is 18.7 Å². The van der Waals surface area contributed by atoms with Crippen LogP contribution >= 0.6 is 33.9 Å². The average Bonchev–Trinajstić information content (AvgIpc) is 2.85. The van der Waals surface area contributed by atoms with E-state index in [-0.39, 0.29) is 5.91 Å².